The molecule has 0 bridgehead atoms. The summed E-state index contributed by atoms with van der Waals surface area (Å²) in [6, 6.07) is 0. The zero-order valence-corrected chi connectivity index (χ0v) is 19.3. The molecule has 5 heteroatoms. The van der Waals surface area contributed by atoms with Gasteiger partial charge >= 0.3 is 0 Å². The third-order valence-corrected chi connectivity index (χ3v) is 6.72. The van der Waals surface area contributed by atoms with Crippen LogP contribution >= 0.6 is 23.1 Å². The van der Waals surface area contributed by atoms with Gasteiger partial charge in [0.25, 0.3) is 0 Å². The molecule has 1 amide bonds. The number of carbonyl (C=O) groups is 1. The number of hydrogen-bond donors (Lipinski definition) is 1. The number of allylic oxidation sites excluding steroid dienone is 5. The molecule has 0 spiro atoms. The highest BCUT2D eigenvalue weighted by molar-refractivity contribution is 8.13. The Morgan fingerprint density at radius 3 is 2.64 bits per heavy atom. The van der Waals surface area contributed by atoms with Gasteiger partial charge in [0.2, 0.25) is 6.41 Å². The summed E-state index contributed by atoms with van der Waals surface area (Å²) in [5.41, 5.74) is 3.98. The minimum Gasteiger partial charge on any atom is -0.308 e. The van der Waals surface area contributed by atoms with Crippen LogP contribution in [0.4, 0.5) is 5.00 Å². The van der Waals surface area contributed by atoms with Crippen molar-refractivity contribution in [3.8, 4) is 0 Å². The van der Waals surface area contributed by atoms with Crippen LogP contribution in [0.3, 0.4) is 0 Å². The van der Waals surface area contributed by atoms with E-state index < -0.39 is 0 Å². The molecular formula is C23H34N2OS2. The zero-order valence-electron chi connectivity index (χ0n) is 17.7. The van der Waals surface area contributed by atoms with Gasteiger partial charge in [-0.15, -0.1) is 11.3 Å². The number of nitrogens with zero attached hydrogens (tertiary/aromatic N) is 1. The third-order valence-electron chi connectivity index (χ3n) is 4.46. The van der Waals surface area contributed by atoms with Crippen molar-refractivity contribution in [1.29, 1.82) is 0 Å². The number of hydrogen-bond acceptors (Lipinski definition) is 4. The van der Waals surface area contributed by atoms with E-state index in [0.29, 0.717) is 0 Å². The molecule has 0 saturated carbocycles. The largest absolute Gasteiger partial charge is 0.308 e. The van der Waals surface area contributed by atoms with Crippen LogP contribution in [0.15, 0.2) is 41.4 Å². The van der Waals surface area contributed by atoms with Crippen molar-refractivity contribution in [3.63, 3.8) is 0 Å². The highest BCUT2D eigenvalue weighted by atomic mass is 32.2. The van der Waals surface area contributed by atoms with Crippen LogP contribution in [-0.4, -0.2) is 17.3 Å². The van der Waals surface area contributed by atoms with E-state index in [1.807, 2.05) is 38.2 Å². The standard InChI is InChI=1S/C15H22N2OS2.C8H12/c1-3-4-5-9-19-15(16-10-18)17-14-11(2)12-7-6-8-13(12)20-14;1-4-7-8(5-2)6-3/h10H,3-9H2,1-2H3,(H,16,17,18);4-7H,2H2,1,3H3/b;7-4-,8-6-. The summed E-state index contributed by atoms with van der Waals surface area (Å²) in [7, 11) is 0. The van der Waals surface area contributed by atoms with E-state index in [0.717, 1.165) is 22.3 Å². The van der Waals surface area contributed by atoms with Crippen LogP contribution in [0.25, 0.3) is 0 Å². The first-order valence-corrected chi connectivity index (χ1v) is 11.9. The van der Waals surface area contributed by atoms with Crippen LogP contribution in [0.2, 0.25) is 0 Å². The topological polar surface area (TPSA) is 41.5 Å². The third kappa shape index (κ3) is 8.19. The lowest BCUT2D eigenvalue weighted by molar-refractivity contribution is -0.108. The average Bonchev–Trinajstić information content (AvgIpc) is 3.27. The minimum atomic E-state index is 0.724. The molecule has 0 atom stereocenters. The number of carbonyl (C=O) groups excluding carboxylic acids is 1. The Morgan fingerprint density at radius 2 is 2.11 bits per heavy atom. The van der Waals surface area contributed by atoms with E-state index in [1.54, 1.807) is 23.1 Å². The molecule has 154 valence electrons. The maximum atomic E-state index is 10.7. The molecule has 1 aromatic rings. The molecule has 1 N–H and O–H groups in total. The molecule has 0 aromatic carbocycles. The molecule has 2 rings (SSSR count). The minimum absolute atomic E-state index is 0.724. The van der Waals surface area contributed by atoms with Gasteiger partial charge in [0.05, 0.1) is 0 Å². The fourth-order valence-corrected chi connectivity index (χ4v) is 5.06. The van der Waals surface area contributed by atoms with Crippen molar-refractivity contribution >= 4 is 39.7 Å². The summed E-state index contributed by atoms with van der Waals surface area (Å²) in [6.45, 7) is 12.0. The Balaban J connectivity index is 0.000000416. The number of thiophene rings is 1. The van der Waals surface area contributed by atoms with Gasteiger partial charge in [-0.3, -0.25) is 4.79 Å². The molecule has 1 aliphatic carbocycles. The molecule has 0 unspecified atom stereocenters. The van der Waals surface area contributed by atoms with E-state index in [-0.39, 0.29) is 0 Å². The van der Waals surface area contributed by atoms with Gasteiger partial charge in [0.15, 0.2) is 5.17 Å². The molecule has 1 heterocycles. The van der Waals surface area contributed by atoms with E-state index in [4.69, 9.17) is 0 Å². The van der Waals surface area contributed by atoms with Crippen molar-refractivity contribution in [2.75, 3.05) is 5.75 Å². The second-order valence-electron chi connectivity index (χ2n) is 6.52. The van der Waals surface area contributed by atoms with Gasteiger partial charge < -0.3 is 5.32 Å². The van der Waals surface area contributed by atoms with Gasteiger partial charge in [-0.1, -0.05) is 62.4 Å². The molecule has 28 heavy (non-hydrogen) atoms. The van der Waals surface area contributed by atoms with Gasteiger partial charge in [-0.25, -0.2) is 4.99 Å². The highest BCUT2D eigenvalue weighted by Crippen LogP contribution is 2.40. The number of aliphatic imine (C=N–C) groups is 1. The number of fused-ring (bicyclic) bond motifs is 1. The summed E-state index contributed by atoms with van der Waals surface area (Å²) in [6.07, 6.45) is 15.9. The molecule has 0 saturated heterocycles. The Morgan fingerprint density at radius 1 is 1.32 bits per heavy atom. The lowest BCUT2D eigenvalue weighted by atomic mass is 10.2. The van der Waals surface area contributed by atoms with E-state index in [2.05, 4.69) is 30.7 Å². The number of rotatable bonds is 8. The number of thioether (sulfide) groups is 1. The number of aryl methyl sites for hydroxylation is 1. The summed E-state index contributed by atoms with van der Waals surface area (Å²) >= 11 is 3.43. The first kappa shape index (κ1) is 24.4. The van der Waals surface area contributed by atoms with Crippen molar-refractivity contribution in [1.82, 2.24) is 5.32 Å². The predicted molar refractivity (Wildman–Crippen MR) is 128 cm³/mol. The highest BCUT2D eigenvalue weighted by Gasteiger charge is 2.19. The number of nitrogens with one attached hydrogen (secondary N) is 1. The Hall–Kier alpha value is -1.59. The Bertz CT molecular complexity index is 714. The predicted octanol–water partition coefficient (Wildman–Crippen LogP) is 6.90. The lowest BCUT2D eigenvalue weighted by Crippen LogP contribution is -2.18. The van der Waals surface area contributed by atoms with Gasteiger partial charge in [-0.05, 0) is 63.2 Å². The number of amides is 1. The fraction of sp³-hybridized carbons (Fsp3) is 0.478. The van der Waals surface area contributed by atoms with Crippen LogP contribution in [0, 0.1) is 6.92 Å². The molecule has 1 aliphatic rings. The molecule has 3 nitrogen and oxygen atoms in total. The van der Waals surface area contributed by atoms with Gasteiger partial charge in [0.1, 0.15) is 5.00 Å². The summed E-state index contributed by atoms with van der Waals surface area (Å²) in [4.78, 5) is 16.9. The van der Waals surface area contributed by atoms with Gasteiger partial charge in [-0.2, -0.15) is 0 Å². The Labute approximate surface area is 179 Å². The molecule has 0 radical (unpaired) electrons. The van der Waals surface area contributed by atoms with Crippen molar-refractivity contribution in [2.24, 2.45) is 4.99 Å². The SMILES string of the molecule is C=CC(/C=C\C)=C/C.CCCCCS/C(=N/c1sc2c(c1C)CCC2)NC=O. The van der Waals surface area contributed by atoms with Gasteiger partial charge in [0, 0.05) is 10.6 Å². The van der Waals surface area contributed by atoms with Crippen LogP contribution < -0.4 is 5.32 Å². The molecule has 0 fully saturated rings. The maximum Gasteiger partial charge on any atom is 0.213 e. The second-order valence-corrected chi connectivity index (χ2v) is 8.68. The number of amidine groups is 1. The van der Waals surface area contributed by atoms with Crippen LogP contribution in [0.5, 0.6) is 0 Å². The summed E-state index contributed by atoms with van der Waals surface area (Å²) < 4.78 is 0. The quantitative estimate of drug-likeness (QED) is 0.164. The molecular weight excluding hydrogens is 384 g/mol. The summed E-state index contributed by atoms with van der Waals surface area (Å²) in [5.74, 6) is 1.01. The summed E-state index contributed by atoms with van der Waals surface area (Å²) in [5, 5.41) is 4.55. The monoisotopic (exact) mass is 418 g/mol. The van der Waals surface area contributed by atoms with Crippen molar-refractivity contribution in [2.45, 2.75) is 66.2 Å². The Kier molecular flexibility index (Phi) is 12.6. The second kappa shape index (κ2) is 14.4. The maximum absolute atomic E-state index is 10.7. The number of unbranched alkanes of at least 4 members (excludes halogenated alkanes) is 2. The normalized spacial score (nSPS) is 13.9. The fourth-order valence-electron chi connectivity index (χ4n) is 2.90. The average molecular weight is 419 g/mol. The molecule has 0 aliphatic heterocycles. The van der Waals surface area contributed by atoms with Crippen molar-refractivity contribution < 1.29 is 4.79 Å². The van der Waals surface area contributed by atoms with E-state index >= 15 is 0 Å². The van der Waals surface area contributed by atoms with Crippen LogP contribution in [0.1, 0.15) is 62.5 Å². The van der Waals surface area contributed by atoms with E-state index in [1.165, 1.54) is 60.1 Å². The van der Waals surface area contributed by atoms with E-state index in [9.17, 15) is 4.79 Å². The van der Waals surface area contributed by atoms with Crippen LogP contribution in [-0.2, 0) is 17.6 Å². The van der Waals surface area contributed by atoms with Crippen molar-refractivity contribution in [3.05, 3.63) is 52.5 Å². The first-order valence-electron chi connectivity index (χ1n) is 10.0. The molecule has 1 aromatic heterocycles. The first-order chi connectivity index (χ1) is 13.6. The lowest BCUT2D eigenvalue weighted by Gasteiger charge is -2.04. The zero-order chi connectivity index (χ0) is 20.8. The smallest absolute Gasteiger partial charge is 0.213 e.